The molecule has 0 aliphatic carbocycles. The molecule has 1 N–H and O–H groups in total. The zero-order valence-electron chi connectivity index (χ0n) is 13.8. The summed E-state index contributed by atoms with van der Waals surface area (Å²) >= 11 is 1.29. The summed E-state index contributed by atoms with van der Waals surface area (Å²) in [6, 6.07) is 9.88. The van der Waals surface area contributed by atoms with Gasteiger partial charge in [0.05, 0.1) is 24.4 Å². The number of nitrogens with one attached hydrogen (secondary N) is 1. The van der Waals surface area contributed by atoms with Crippen molar-refractivity contribution in [3.63, 3.8) is 0 Å². The van der Waals surface area contributed by atoms with Gasteiger partial charge in [0.2, 0.25) is 5.89 Å². The van der Waals surface area contributed by atoms with Gasteiger partial charge in [-0.25, -0.2) is 9.37 Å². The maximum absolute atomic E-state index is 13.3. The van der Waals surface area contributed by atoms with Crippen molar-refractivity contribution in [1.82, 2.24) is 15.2 Å². The van der Waals surface area contributed by atoms with Crippen LogP contribution >= 0.6 is 11.3 Å². The molecule has 0 radical (unpaired) electrons. The van der Waals surface area contributed by atoms with Gasteiger partial charge in [-0.3, -0.25) is 5.32 Å². The number of fused-ring (bicyclic) bond motifs is 1. The molecule has 4 rings (SSSR count). The molecule has 2 aromatic heterocycles. The Morgan fingerprint density at radius 1 is 1.04 bits per heavy atom. The molecule has 2 aromatic carbocycles. The quantitative estimate of drug-likeness (QED) is 0.561. The second-order valence-corrected chi connectivity index (χ2v) is 6.30. The zero-order chi connectivity index (χ0) is 18.1. The maximum Gasteiger partial charge on any atom is 0.322 e. The van der Waals surface area contributed by atoms with Crippen LogP contribution in [0.1, 0.15) is 0 Å². The van der Waals surface area contributed by atoms with Crippen molar-refractivity contribution in [3.8, 4) is 23.0 Å². The average molecular weight is 372 g/mol. The van der Waals surface area contributed by atoms with Crippen LogP contribution < -0.4 is 14.8 Å². The van der Waals surface area contributed by atoms with Gasteiger partial charge in [0.25, 0.3) is 0 Å². The molecular weight excluding hydrogens is 359 g/mol. The molecule has 0 fully saturated rings. The number of halogens is 1. The van der Waals surface area contributed by atoms with Crippen molar-refractivity contribution >= 4 is 32.7 Å². The lowest BCUT2D eigenvalue weighted by atomic mass is 10.2. The van der Waals surface area contributed by atoms with Crippen molar-refractivity contribution in [2.75, 3.05) is 19.5 Å². The Balaban J connectivity index is 1.61. The fourth-order valence-corrected chi connectivity index (χ4v) is 3.25. The Labute approximate surface area is 151 Å². The van der Waals surface area contributed by atoms with Gasteiger partial charge in [0.1, 0.15) is 17.3 Å². The second-order valence-electron chi connectivity index (χ2n) is 5.27. The van der Waals surface area contributed by atoms with Crippen LogP contribution in [0.15, 0.2) is 40.8 Å². The number of thiazole rings is 1. The van der Waals surface area contributed by atoms with Crippen molar-refractivity contribution in [1.29, 1.82) is 0 Å². The standard InChI is InChI=1S/C17H13FN4O3S/c1-23-11-5-9(6-12(8-11)24-2)15-21-22-16(25-15)20-17-19-13-4-3-10(18)7-14(13)26-17/h3-8H,1-2H3,(H,19,20,22). The SMILES string of the molecule is COc1cc(OC)cc(-c2nnc(Nc3nc4ccc(F)cc4s3)o2)c1. The Morgan fingerprint density at radius 3 is 2.54 bits per heavy atom. The van der Waals surface area contributed by atoms with Crippen LogP contribution in [-0.2, 0) is 0 Å². The summed E-state index contributed by atoms with van der Waals surface area (Å²) in [5, 5.41) is 11.5. The fourth-order valence-electron chi connectivity index (χ4n) is 2.36. The normalized spacial score (nSPS) is 10.9. The van der Waals surface area contributed by atoms with E-state index in [1.807, 2.05) is 0 Å². The molecule has 0 aliphatic rings. The molecule has 9 heteroatoms. The third-order valence-electron chi connectivity index (χ3n) is 3.59. The molecule has 0 saturated heterocycles. The van der Waals surface area contributed by atoms with Crippen molar-refractivity contribution in [3.05, 3.63) is 42.2 Å². The van der Waals surface area contributed by atoms with Crippen LogP contribution in [0.2, 0.25) is 0 Å². The number of hydrogen-bond acceptors (Lipinski definition) is 8. The number of benzene rings is 2. The highest BCUT2D eigenvalue weighted by Crippen LogP contribution is 2.32. The van der Waals surface area contributed by atoms with E-state index in [-0.39, 0.29) is 11.8 Å². The van der Waals surface area contributed by atoms with E-state index in [9.17, 15) is 4.39 Å². The third kappa shape index (κ3) is 3.16. The summed E-state index contributed by atoms with van der Waals surface area (Å²) in [4.78, 5) is 4.36. The Bertz CT molecular complexity index is 1060. The zero-order valence-corrected chi connectivity index (χ0v) is 14.6. The number of ether oxygens (including phenoxy) is 2. The molecule has 132 valence electrons. The van der Waals surface area contributed by atoms with Crippen LogP contribution in [0.5, 0.6) is 11.5 Å². The number of methoxy groups -OCH3 is 2. The van der Waals surface area contributed by atoms with Crippen molar-refractivity contribution in [2.45, 2.75) is 0 Å². The molecule has 0 saturated carbocycles. The molecule has 7 nitrogen and oxygen atoms in total. The topological polar surface area (TPSA) is 82.3 Å². The summed E-state index contributed by atoms with van der Waals surface area (Å²) in [6.07, 6.45) is 0. The second kappa shape index (κ2) is 6.60. The number of hydrogen-bond donors (Lipinski definition) is 1. The maximum atomic E-state index is 13.3. The number of aromatic nitrogens is 3. The van der Waals surface area contributed by atoms with E-state index in [1.165, 1.54) is 23.5 Å². The predicted octanol–water partition coefficient (Wildman–Crippen LogP) is 4.25. The van der Waals surface area contributed by atoms with E-state index in [0.29, 0.717) is 33.6 Å². The highest BCUT2D eigenvalue weighted by Gasteiger charge is 2.13. The van der Waals surface area contributed by atoms with Gasteiger partial charge in [-0.2, -0.15) is 0 Å². The van der Waals surface area contributed by atoms with Crippen LogP contribution in [0, 0.1) is 5.82 Å². The molecule has 0 spiro atoms. The Kier molecular flexibility index (Phi) is 4.13. The molecular formula is C17H13FN4O3S. The van der Waals surface area contributed by atoms with E-state index in [4.69, 9.17) is 13.9 Å². The molecule has 2 heterocycles. The molecule has 0 unspecified atom stereocenters. The van der Waals surface area contributed by atoms with Gasteiger partial charge in [-0.15, -0.1) is 5.10 Å². The van der Waals surface area contributed by atoms with E-state index in [0.717, 1.165) is 4.70 Å². The number of anilines is 2. The molecule has 0 amide bonds. The summed E-state index contributed by atoms with van der Waals surface area (Å²) in [5.74, 6) is 1.22. The lowest BCUT2D eigenvalue weighted by molar-refractivity contribution is 0.394. The van der Waals surface area contributed by atoms with Gasteiger partial charge in [-0.05, 0) is 30.3 Å². The van der Waals surface area contributed by atoms with Gasteiger partial charge in [-0.1, -0.05) is 16.4 Å². The summed E-state index contributed by atoms with van der Waals surface area (Å²) in [7, 11) is 3.13. The molecule has 0 atom stereocenters. The van der Waals surface area contributed by atoms with Crippen LogP contribution in [0.25, 0.3) is 21.7 Å². The smallest absolute Gasteiger partial charge is 0.322 e. The third-order valence-corrected chi connectivity index (χ3v) is 4.52. The molecule has 26 heavy (non-hydrogen) atoms. The first-order valence-corrected chi connectivity index (χ1v) is 8.36. The predicted molar refractivity (Wildman–Crippen MR) is 95.7 cm³/mol. The van der Waals surface area contributed by atoms with E-state index in [1.54, 1.807) is 38.5 Å². The molecule has 4 aromatic rings. The summed E-state index contributed by atoms with van der Waals surface area (Å²) in [5.41, 5.74) is 1.35. The largest absolute Gasteiger partial charge is 0.497 e. The number of rotatable bonds is 5. The van der Waals surface area contributed by atoms with Crippen LogP contribution in [0.3, 0.4) is 0 Å². The Hall–Kier alpha value is -3.20. The van der Waals surface area contributed by atoms with Crippen molar-refractivity contribution in [2.24, 2.45) is 0 Å². The van der Waals surface area contributed by atoms with Gasteiger partial charge >= 0.3 is 6.01 Å². The minimum atomic E-state index is -0.306. The first kappa shape index (κ1) is 16.3. The van der Waals surface area contributed by atoms with Gasteiger partial charge < -0.3 is 13.9 Å². The highest BCUT2D eigenvalue weighted by molar-refractivity contribution is 7.22. The van der Waals surface area contributed by atoms with E-state index in [2.05, 4.69) is 20.5 Å². The van der Waals surface area contributed by atoms with Crippen molar-refractivity contribution < 1.29 is 18.3 Å². The minimum absolute atomic E-state index is 0.182. The Morgan fingerprint density at radius 2 is 1.81 bits per heavy atom. The first-order valence-electron chi connectivity index (χ1n) is 7.54. The van der Waals surface area contributed by atoms with Crippen LogP contribution in [0.4, 0.5) is 15.5 Å². The first-order chi connectivity index (χ1) is 12.6. The van der Waals surface area contributed by atoms with E-state index < -0.39 is 0 Å². The van der Waals surface area contributed by atoms with E-state index >= 15 is 0 Å². The van der Waals surface area contributed by atoms with Gasteiger partial charge in [0.15, 0.2) is 5.13 Å². The minimum Gasteiger partial charge on any atom is -0.497 e. The molecule has 0 aliphatic heterocycles. The van der Waals surface area contributed by atoms with Gasteiger partial charge in [0, 0.05) is 11.6 Å². The lowest BCUT2D eigenvalue weighted by Crippen LogP contribution is -1.89. The summed E-state index contributed by atoms with van der Waals surface area (Å²) in [6.45, 7) is 0. The van der Waals surface area contributed by atoms with Crippen LogP contribution in [-0.4, -0.2) is 29.4 Å². The lowest BCUT2D eigenvalue weighted by Gasteiger charge is -2.05. The monoisotopic (exact) mass is 372 g/mol. The fraction of sp³-hybridized carbons (Fsp3) is 0.118. The average Bonchev–Trinajstić information content (AvgIpc) is 3.27. The highest BCUT2D eigenvalue weighted by atomic mass is 32.1. The molecule has 0 bridgehead atoms. The summed E-state index contributed by atoms with van der Waals surface area (Å²) < 4.78 is 30.1. The number of nitrogens with zero attached hydrogens (tertiary/aromatic N) is 3.